The largest absolute Gasteiger partial charge is 0.393 e. The van der Waals surface area contributed by atoms with Gasteiger partial charge in [0.25, 0.3) is 0 Å². The second-order valence-corrected chi connectivity index (χ2v) is 13.9. The van der Waals surface area contributed by atoms with Crippen LogP contribution in [-0.4, -0.2) is 48.2 Å². The number of ketones is 1. The van der Waals surface area contributed by atoms with Crippen LogP contribution in [0, 0.1) is 28.6 Å². The van der Waals surface area contributed by atoms with Crippen molar-refractivity contribution >= 4 is 34.5 Å². The molecule has 204 valence electrons. The molecule has 2 heterocycles. The molecule has 0 bridgehead atoms. The van der Waals surface area contributed by atoms with Crippen LogP contribution in [0.4, 0.5) is 0 Å². The van der Waals surface area contributed by atoms with Gasteiger partial charge < -0.3 is 10.2 Å². The van der Waals surface area contributed by atoms with Crippen LogP contribution in [0.3, 0.4) is 0 Å². The number of allylic oxidation sites excluding steroid dienone is 1. The van der Waals surface area contributed by atoms with Crippen molar-refractivity contribution in [3.63, 3.8) is 0 Å². The van der Waals surface area contributed by atoms with Crippen LogP contribution in [0.1, 0.15) is 57.2 Å². The molecule has 0 aliphatic heterocycles. The molecule has 6 nitrogen and oxygen atoms in total. The summed E-state index contributed by atoms with van der Waals surface area (Å²) in [5.41, 5.74) is 2.59. The molecular weight excluding hydrogens is 506 g/mol. The predicted molar refractivity (Wildman–Crippen MR) is 153 cm³/mol. The van der Waals surface area contributed by atoms with Gasteiger partial charge in [0.05, 0.1) is 34.3 Å². The van der Waals surface area contributed by atoms with E-state index in [4.69, 9.17) is 4.98 Å². The van der Waals surface area contributed by atoms with Gasteiger partial charge in [0.2, 0.25) is 0 Å². The zero-order chi connectivity index (χ0) is 27.2. The molecule has 3 fully saturated rings. The minimum Gasteiger partial charge on any atom is -0.393 e. The van der Waals surface area contributed by atoms with E-state index in [0.29, 0.717) is 12.8 Å². The van der Waals surface area contributed by atoms with E-state index in [9.17, 15) is 15.0 Å². The van der Waals surface area contributed by atoms with Gasteiger partial charge in [-0.3, -0.25) is 9.48 Å². The van der Waals surface area contributed by atoms with Gasteiger partial charge in [-0.15, -0.1) is 0 Å². The van der Waals surface area contributed by atoms with Gasteiger partial charge >= 0.3 is 0 Å². The van der Waals surface area contributed by atoms with E-state index in [1.54, 1.807) is 0 Å². The van der Waals surface area contributed by atoms with Crippen molar-refractivity contribution in [1.82, 2.24) is 14.8 Å². The van der Waals surface area contributed by atoms with Crippen molar-refractivity contribution < 1.29 is 15.0 Å². The number of aliphatic hydroxyl groups is 2. The fourth-order valence-electron chi connectivity index (χ4n) is 9.17. The van der Waals surface area contributed by atoms with Crippen LogP contribution in [0.5, 0.6) is 0 Å². The minimum atomic E-state index is -1.42. The van der Waals surface area contributed by atoms with Gasteiger partial charge in [0.15, 0.2) is 5.78 Å². The number of carbonyl (C=O) groups is 1. The Kier molecular flexibility index (Phi) is 5.72. The average Bonchev–Trinajstić information content (AvgIpc) is 3.40. The van der Waals surface area contributed by atoms with E-state index in [1.165, 1.54) is 28.6 Å². The predicted octanol–water partition coefficient (Wildman–Crippen LogP) is 5.21. The Morgan fingerprint density at radius 1 is 1.18 bits per heavy atom. The highest BCUT2D eigenvalue weighted by atomic mass is 32.2. The number of nitrogens with zero attached hydrogens (tertiary/aromatic N) is 3. The lowest BCUT2D eigenvalue weighted by Crippen LogP contribution is -2.62. The Labute approximate surface area is 233 Å². The number of hydrogen-bond donors (Lipinski definition) is 2. The van der Waals surface area contributed by atoms with Crippen LogP contribution in [0.25, 0.3) is 17.0 Å². The van der Waals surface area contributed by atoms with E-state index in [2.05, 4.69) is 25.0 Å². The van der Waals surface area contributed by atoms with E-state index >= 15 is 0 Å². The van der Waals surface area contributed by atoms with Crippen molar-refractivity contribution in [2.24, 2.45) is 35.6 Å². The first kappa shape index (κ1) is 25.5. The van der Waals surface area contributed by atoms with Crippen LogP contribution >= 0.6 is 11.8 Å². The third-order valence-corrected chi connectivity index (χ3v) is 12.1. The molecule has 0 spiro atoms. The van der Waals surface area contributed by atoms with Crippen LogP contribution in [-0.2, 0) is 18.3 Å². The number of Topliss-reactive ketones (excluding diaryl/α,β-unsaturated/α-hetero) is 1. The van der Waals surface area contributed by atoms with Crippen LogP contribution in [0.2, 0.25) is 0 Å². The number of aryl methyl sites for hydroxylation is 1. The maximum absolute atomic E-state index is 13.8. The quantitative estimate of drug-likeness (QED) is 0.439. The molecule has 3 aromatic rings. The number of fused-ring (bicyclic) bond motifs is 7. The molecule has 2 N–H and O–H groups in total. The van der Waals surface area contributed by atoms with Gasteiger partial charge in [-0.2, -0.15) is 5.10 Å². The fraction of sp³-hybridized carbons (Fsp3) is 0.531. The molecule has 0 amide bonds. The third kappa shape index (κ3) is 3.58. The zero-order valence-corrected chi connectivity index (χ0v) is 23.7. The Hall–Kier alpha value is -2.48. The molecule has 39 heavy (non-hydrogen) atoms. The molecule has 0 radical (unpaired) electrons. The summed E-state index contributed by atoms with van der Waals surface area (Å²) in [5, 5.41) is 30.3. The van der Waals surface area contributed by atoms with Crippen molar-refractivity contribution in [2.75, 3.05) is 5.75 Å². The average molecular weight is 544 g/mol. The van der Waals surface area contributed by atoms with Crippen molar-refractivity contribution in [2.45, 2.75) is 69.1 Å². The number of hydrogen-bond acceptors (Lipinski definition) is 6. The summed E-state index contributed by atoms with van der Waals surface area (Å²) in [4.78, 5) is 18.5. The number of rotatable bonds is 4. The number of thioether (sulfide) groups is 1. The van der Waals surface area contributed by atoms with E-state index in [-0.39, 0.29) is 34.7 Å². The molecule has 0 saturated heterocycles. The van der Waals surface area contributed by atoms with Gasteiger partial charge in [0, 0.05) is 17.8 Å². The molecule has 4 aliphatic rings. The highest BCUT2D eigenvalue weighted by Gasteiger charge is 2.68. The molecule has 3 saturated carbocycles. The standard InChI is InChI=1S/C32H37N3O3S/c1-30-15-20-17-33-35(3)25(20)14-21(30)9-10-22-23-12-13-32(38,31(23,2)16-26(36)29(22)30)27(37)18-39-28-11-8-19-6-4-5-7-24(19)34-28/h4-8,11,14,17,22-23,26,29,36,38H,9-10,12-13,15-16,18H2,1-3H3/t22?,23?,26-,29?,30?,31?,32-/m0/s1. The maximum atomic E-state index is 13.8. The summed E-state index contributed by atoms with van der Waals surface area (Å²) in [7, 11) is 2.00. The van der Waals surface area contributed by atoms with E-state index < -0.39 is 17.1 Å². The second kappa shape index (κ2) is 8.76. The monoisotopic (exact) mass is 543 g/mol. The lowest BCUT2D eigenvalue weighted by atomic mass is 9.45. The zero-order valence-electron chi connectivity index (χ0n) is 22.9. The molecule has 2 aromatic heterocycles. The van der Waals surface area contributed by atoms with Gasteiger partial charge in [0.1, 0.15) is 5.60 Å². The molecule has 5 unspecified atom stereocenters. The highest BCUT2D eigenvalue weighted by Crippen LogP contribution is 2.67. The summed E-state index contributed by atoms with van der Waals surface area (Å²) in [5.74, 6) is 0.687. The Morgan fingerprint density at radius 3 is 2.85 bits per heavy atom. The topological polar surface area (TPSA) is 88.2 Å². The van der Waals surface area contributed by atoms with Crippen molar-refractivity contribution in [3.05, 3.63) is 59.4 Å². The third-order valence-electron chi connectivity index (χ3n) is 11.1. The van der Waals surface area contributed by atoms with Crippen LogP contribution in [0.15, 0.2) is 53.2 Å². The fourth-order valence-corrected chi connectivity index (χ4v) is 10.0. The summed E-state index contributed by atoms with van der Waals surface area (Å²) in [6.07, 6.45) is 8.38. The number of aliphatic hydroxyl groups excluding tert-OH is 1. The minimum absolute atomic E-state index is 0.123. The Bertz CT molecular complexity index is 1520. The number of benzene rings is 1. The van der Waals surface area contributed by atoms with Gasteiger partial charge in [-0.1, -0.05) is 55.4 Å². The summed E-state index contributed by atoms with van der Waals surface area (Å²) in [6.45, 7) is 4.41. The molecular formula is C32H37N3O3S. The molecule has 4 aliphatic carbocycles. The Balaban J connectivity index is 1.14. The Morgan fingerprint density at radius 2 is 2.00 bits per heavy atom. The molecule has 7 heteroatoms. The number of aromatic nitrogens is 3. The van der Waals surface area contributed by atoms with Gasteiger partial charge in [-0.25, -0.2) is 4.98 Å². The maximum Gasteiger partial charge on any atom is 0.175 e. The number of carbonyl (C=O) groups excluding carboxylic acids is 1. The summed E-state index contributed by atoms with van der Waals surface area (Å²) >= 11 is 1.40. The van der Waals surface area contributed by atoms with Crippen molar-refractivity contribution in [3.8, 4) is 0 Å². The van der Waals surface area contributed by atoms with E-state index in [1.807, 2.05) is 54.3 Å². The number of pyridine rings is 1. The van der Waals surface area contributed by atoms with E-state index in [0.717, 1.165) is 41.6 Å². The lowest BCUT2D eigenvalue weighted by Gasteiger charge is -2.60. The summed E-state index contributed by atoms with van der Waals surface area (Å²) in [6, 6.07) is 11.9. The summed E-state index contributed by atoms with van der Waals surface area (Å²) < 4.78 is 1.95. The first-order valence-corrected chi connectivity index (χ1v) is 15.3. The molecule has 1 aromatic carbocycles. The van der Waals surface area contributed by atoms with Gasteiger partial charge in [-0.05, 0) is 85.5 Å². The van der Waals surface area contributed by atoms with Crippen molar-refractivity contribution in [1.29, 1.82) is 0 Å². The van der Waals surface area contributed by atoms with Crippen LogP contribution < -0.4 is 0 Å². The second-order valence-electron chi connectivity index (χ2n) is 12.9. The smallest absolute Gasteiger partial charge is 0.175 e. The normalized spacial score (nSPS) is 37.0. The SMILES string of the molecule is Cn1ncc2c1C=C1CCC3C([C@@H](O)CC4(C)C3CC[C@]4(O)C(=O)CSc3ccc4ccccc4n3)C1(C)C2. The first-order chi connectivity index (χ1) is 18.6. The highest BCUT2D eigenvalue weighted by molar-refractivity contribution is 7.99. The molecule has 7 atom stereocenters. The molecule has 7 rings (SSSR count). The number of para-hydroxylation sites is 1. The lowest BCUT2D eigenvalue weighted by molar-refractivity contribution is -0.177. The first-order valence-electron chi connectivity index (χ1n) is 14.3.